The molecule has 5 nitrogen and oxygen atoms in total. The molecule has 0 spiro atoms. The van der Waals surface area contributed by atoms with Gasteiger partial charge in [0.15, 0.2) is 5.96 Å². The number of hydrogen-bond donors (Lipinski definition) is 2. The van der Waals surface area contributed by atoms with Crippen LogP contribution >= 0.6 is 0 Å². The highest BCUT2D eigenvalue weighted by Crippen LogP contribution is 2.25. The summed E-state index contributed by atoms with van der Waals surface area (Å²) in [6.07, 6.45) is 3.91. The average Bonchev–Trinajstić information content (AvgIpc) is 3.44. The highest BCUT2D eigenvalue weighted by molar-refractivity contribution is 5.80. The summed E-state index contributed by atoms with van der Waals surface area (Å²) in [5.41, 5.74) is 1.39. The maximum absolute atomic E-state index is 4.43. The van der Waals surface area contributed by atoms with E-state index in [1.807, 2.05) is 7.05 Å². The van der Waals surface area contributed by atoms with Crippen LogP contribution in [-0.2, 0) is 6.54 Å². The largest absolute Gasteiger partial charge is 0.355 e. The van der Waals surface area contributed by atoms with Gasteiger partial charge in [-0.05, 0) is 38.3 Å². The minimum absolute atomic E-state index is 0.464. The van der Waals surface area contributed by atoms with Crippen LogP contribution in [0.25, 0.3) is 0 Å². The zero-order valence-corrected chi connectivity index (χ0v) is 16.6. The lowest BCUT2D eigenvalue weighted by Crippen LogP contribution is -2.46. The number of nitrogens with one attached hydrogen (secondary N) is 2. The molecule has 26 heavy (non-hydrogen) atoms. The Morgan fingerprint density at radius 2 is 2.04 bits per heavy atom. The van der Waals surface area contributed by atoms with Crippen LogP contribution in [0.1, 0.15) is 38.7 Å². The molecule has 2 aliphatic rings. The van der Waals surface area contributed by atoms with Gasteiger partial charge in [0.05, 0.1) is 0 Å². The predicted octanol–water partition coefficient (Wildman–Crippen LogP) is 2.30. The number of rotatable bonds is 8. The Balaban J connectivity index is 1.42. The second kappa shape index (κ2) is 9.38. The first-order valence-electron chi connectivity index (χ1n) is 10.2. The van der Waals surface area contributed by atoms with E-state index in [0.717, 1.165) is 51.1 Å². The summed E-state index contributed by atoms with van der Waals surface area (Å²) in [5, 5.41) is 7.13. The molecule has 1 aromatic rings. The third-order valence-corrected chi connectivity index (χ3v) is 5.66. The Kier molecular flexibility index (Phi) is 6.92. The number of guanidine groups is 1. The van der Waals surface area contributed by atoms with E-state index in [-0.39, 0.29) is 0 Å². The quantitative estimate of drug-likeness (QED) is 0.553. The van der Waals surface area contributed by atoms with Crippen molar-refractivity contribution in [2.75, 3.05) is 33.2 Å². The molecule has 0 bridgehead atoms. The summed E-state index contributed by atoms with van der Waals surface area (Å²) in [6, 6.07) is 12.7. The van der Waals surface area contributed by atoms with Crippen LogP contribution in [0.15, 0.2) is 35.3 Å². The molecular weight excluding hydrogens is 322 g/mol. The van der Waals surface area contributed by atoms with Crippen LogP contribution in [-0.4, -0.2) is 67.1 Å². The fourth-order valence-corrected chi connectivity index (χ4v) is 3.99. The Hall–Kier alpha value is -1.59. The van der Waals surface area contributed by atoms with E-state index >= 15 is 0 Å². The maximum Gasteiger partial charge on any atom is 0.191 e. The van der Waals surface area contributed by atoms with Gasteiger partial charge < -0.3 is 10.6 Å². The van der Waals surface area contributed by atoms with Crippen LogP contribution in [0.3, 0.4) is 0 Å². The van der Waals surface area contributed by atoms with Gasteiger partial charge in [-0.25, -0.2) is 0 Å². The van der Waals surface area contributed by atoms with Gasteiger partial charge in [0.1, 0.15) is 0 Å². The van der Waals surface area contributed by atoms with E-state index in [9.17, 15) is 0 Å². The highest BCUT2D eigenvalue weighted by Gasteiger charge is 2.30. The summed E-state index contributed by atoms with van der Waals surface area (Å²) >= 11 is 0. The van der Waals surface area contributed by atoms with Crippen molar-refractivity contribution in [3.05, 3.63) is 35.9 Å². The number of hydrogen-bond acceptors (Lipinski definition) is 3. The Morgan fingerprint density at radius 1 is 1.27 bits per heavy atom. The first kappa shape index (κ1) is 19.2. The highest BCUT2D eigenvalue weighted by atomic mass is 15.3. The molecule has 0 radical (unpaired) electrons. The summed E-state index contributed by atoms with van der Waals surface area (Å²) < 4.78 is 0. The van der Waals surface area contributed by atoms with Crippen molar-refractivity contribution in [2.24, 2.45) is 4.99 Å². The van der Waals surface area contributed by atoms with E-state index in [4.69, 9.17) is 0 Å². The van der Waals surface area contributed by atoms with Crippen LogP contribution in [0.4, 0.5) is 0 Å². The van der Waals surface area contributed by atoms with Gasteiger partial charge in [-0.3, -0.25) is 14.8 Å². The van der Waals surface area contributed by atoms with Crippen LogP contribution in [0.5, 0.6) is 0 Å². The number of aliphatic imine (C=N–C) groups is 1. The van der Waals surface area contributed by atoms with Gasteiger partial charge in [0.2, 0.25) is 0 Å². The molecule has 0 aromatic heterocycles. The summed E-state index contributed by atoms with van der Waals surface area (Å²) in [7, 11) is 1.87. The second-order valence-corrected chi connectivity index (χ2v) is 7.70. The normalized spacial score (nSPS) is 24.2. The van der Waals surface area contributed by atoms with Crippen molar-refractivity contribution in [3.8, 4) is 0 Å². The van der Waals surface area contributed by atoms with Crippen molar-refractivity contribution >= 4 is 5.96 Å². The molecule has 1 heterocycles. The van der Waals surface area contributed by atoms with Gasteiger partial charge >= 0.3 is 0 Å². The monoisotopic (exact) mass is 357 g/mol. The number of likely N-dealkylation sites (tertiary alicyclic amines) is 1. The minimum atomic E-state index is 0.464. The third kappa shape index (κ3) is 5.45. The molecule has 2 fully saturated rings. The van der Waals surface area contributed by atoms with E-state index in [1.165, 1.54) is 18.4 Å². The summed E-state index contributed by atoms with van der Waals surface area (Å²) in [4.78, 5) is 9.56. The average molecular weight is 358 g/mol. The van der Waals surface area contributed by atoms with Crippen molar-refractivity contribution in [2.45, 2.75) is 57.8 Å². The Bertz CT molecular complexity index is 569. The number of benzene rings is 1. The molecule has 1 aromatic carbocycles. The molecule has 0 amide bonds. The van der Waals surface area contributed by atoms with Crippen molar-refractivity contribution in [1.82, 2.24) is 20.4 Å². The number of likely N-dealkylation sites (N-methyl/N-ethyl adjacent to an activating group) is 1. The zero-order valence-electron chi connectivity index (χ0n) is 16.6. The lowest BCUT2D eigenvalue weighted by molar-refractivity contribution is 0.258. The lowest BCUT2D eigenvalue weighted by Gasteiger charge is -2.22. The molecule has 1 aliphatic heterocycles. The maximum atomic E-state index is 4.43. The summed E-state index contributed by atoms with van der Waals surface area (Å²) in [6.45, 7) is 9.89. The first-order valence-corrected chi connectivity index (χ1v) is 10.2. The van der Waals surface area contributed by atoms with Crippen LogP contribution < -0.4 is 10.6 Å². The second-order valence-electron chi connectivity index (χ2n) is 7.70. The zero-order chi connectivity index (χ0) is 18.4. The van der Waals surface area contributed by atoms with Crippen molar-refractivity contribution in [1.29, 1.82) is 0 Å². The fourth-order valence-electron chi connectivity index (χ4n) is 3.99. The van der Waals surface area contributed by atoms with Gasteiger partial charge in [0, 0.05) is 51.4 Å². The standard InChI is InChI=1S/C21H35N5/c1-4-25(20-10-11-20)13-12-23-21(22-3)24-19-14-17(2)26(16-19)15-18-8-6-5-7-9-18/h5-9,17,19-20H,4,10-16H2,1-3H3,(H2,22,23,24). The smallest absolute Gasteiger partial charge is 0.191 e. The van der Waals surface area contributed by atoms with E-state index in [2.05, 4.69) is 69.6 Å². The van der Waals surface area contributed by atoms with E-state index in [1.54, 1.807) is 0 Å². The van der Waals surface area contributed by atoms with Crippen molar-refractivity contribution in [3.63, 3.8) is 0 Å². The van der Waals surface area contributed by atoms with Crippen LogP contribution in [0.2, 0.25) is 0 Å². The van der Waals surface area contributed by atoms with Gasteiger partial charge in [0.25, 0.3) is 0 Å². The SMILES string of the molecule is CCN(CCNC(=NC)NC1CC(C)N(Cc2ccccc2)C1)C1CC1. The van der Waals surface area contributed by atoms with Crippen LogP contribution in [0, 0.1) is 0 Å². The van der Waals surface area contributed by atoms with Gasteiger partial charge in [-0.1, -0.05) is 37.3 Å². The Morgan fingerprint density at radius 3 is 2.69 bits per heavy atom. The topological polar surface area (TPSA) is 42.9 Å². The molecule has 2 unspecified atom stereocenters. The lowest BCUT2D eigenvalue weighted by atomic mass is 10.2. The molecule has 144 valence electrons. The minimum Gasteiger partial charge on any atom is -0.355 e. The van der Waals surface area contributed by atoms with Gasteiger partial charge in [-0.15, -0.1) is 0 Å². The molecular formula is C21H35N5. The third-order valence-electron chi connectivity index (χ3n) is 5.66. The van der Waals surface area contributed by atoms with E-state index < -0.39 is 0 Å². The predicted molar refractivity (Wildman–Crippen MR) is 109 cm³/mol. The van der Waals surface area contributed by atoms with Gasteiger partial charge in [-0.2, -0.15) is 0 Å². The molecule has 3 rings (SSSR count). The molecule has 1 saturated heterocycles. The number of nitrogens with zero attached hydrogens (tertiary/aromatic N) is 3. The Labute approximate surface area is 158 Å². The summed E-state index contributed by atoms with van der Waals surface area (Å²) in [5.74, 6) is 0.940. The molecule has 2 N–H and O–H groups in total. The molecule has 1 aliphatic carbocycles. The first-order chi connectivity index (χ1) is 12.7. The van der Waals surface area contributed by atoms with Crippen molar-refractivity contribution < 1.29 is 0 Å². The molecule has 5 heteroatoms. The fraction of sp³-hybridized carbons (Fsp3) is 0.667. The molecule has 2 atom stereocenters. The molecule has 1 saturated carbocycles. The van der Waals surface area contributed by atoms with E-state index in [0.29, 0.717) is 12.1 Å².